The number of amides is 2. The van der Waals surface area contributed by atoms with E-state index in [9.17, 15) is 13.2 Å². The van der Waals surface area contributed by atoms with Gasteiger partial charge in [0.1, 0.15) is 5.75 Å². The number of hydrogen-bond acceptors (Lipinski definition) is 6. The molecule has 10 nitrogen and oxygen atoms in total. The van der Waals surface area contributed by atoms with Gasteiger partial charge in [-0.1, -0.05) is 25.3 Å². The first-order valence-corrected chi connectivity index (χ1v) is 18.9. The topological polar surface area (TPSA) is 104 Å². The zero-order valence-electron chi connectivity index (χ0n) is 28.9. The van der Waals surface area contributed by atoms with Gasteiger partial charge in [0, 0.05) is 67.7 Å². The van der Waals surface area contributed by atoms with Gasteiger partial charge < -0.3 is 19.1 Å². The Hall–Kier alpha value is -3.41. The Kier molecular flexibility index (Phi) is 8.61. The maximum atomic E-state index is 15.0. The van der Waals surface area contributed by atoms with Crippen molar-refractivity contribution in [3.63, 3.8) is 0 Å². The predicted octanol–water partition coefficient (Wildman–Crippen LogP) is 5.33. The fourth-order valence-electron chi connectivity index (χ4n) is 8.85. The Balaban J connectivity index is 1.42. The standard InChI is InChI=1S/C37H49N5O5S/c1-39(2)22-26-13-9-10-18-41(26)36(44)37-21-31(37)30-20-27(47-5)15-17-28(30)34-33(24-11-7-6-8-12-24)29-16-14-25(19-32(29)42(34)23-37)35(43)38-48(45,46)40(3)4/h14-17,19-20,24,26,31H,6-13,18,21-23H2,1-5H3,(H,38,43). The summed E-state index contributed by atoms with van der Waals surface area (Å²) in [7, 11) is 4.66. The van der Waals surface area contributed by atoms with Crippen molar-refractivity contribution in [3.8, 4) is 17.0 Å². The molecule has 2 aromatic carbocycles. The molecule has 7 rings (SSSR count). The zero-order valence-corrected chi connectivity index (χ0v) is 29.7. The summed E-state index contributed by atoms with van der Waals surface area (Å²) in [6.07, 6.45) is 9.66. The summed E-state index contributed by atoms with van der Waals surface area (Å²) in [6.45, 7) is 2.13. The van der Waals surface area contributed by atoms with E-state index in [0.29, 0.717) is 12.5 Å². The molecular weight excluding hydrogens is 627 g/mol. The molecule has 1 aromatic heterocycles. The highest BCUT2D eigenvalue weighted by Crippen LogP contribution is 2.66. The van der Waals surface area contributed by atoms with Crippen LogP contribution in [0.2, 0.25) is 0 Å². The third-order valence-corrected chi connectivity index (χ3v) is 12.8. The van der Waals surface area contributed by atoms with Crippen molar-refractivity contribution in [3.05, 3.63) is 53.1 Å². The minimum absolute atomic E-state index is 0.0582. The summed E-state index contributed by atoms with van der Waals surface area (Å²) in [5.74, 6) is 0.758. The van der Waals surface area contributed by atoms with Gasteiger partial charge in [0.05, 0.1) is 18.2 Å². The molecule has 1 saturated heterocycles. The van der Waals surface area contributed by atoms with Crippen molar-refractivity contribution < 1.29 is 22.7 Å². The molecule has 0 radical (unpaired) electrons. The summed E-state index contributed by atoms with van der Waals surface area (Å²) >= 11 is 0. The number of nitrogens with one attached hydrogen (secondary N) is 1. The average Bonchev–Trinajstić information content (AvgIpc) is 3.74. The molecule has 3 heterocycles. The molecule has 0 bridgehead atoms. The van der Waals surface area contributed by atoms with Crippen LogP contribution in [0.3, 0.4) is 0 Å². The lowest BCUT2D eigenvalue weighted by atomic mass is 9.81. The number of fused-ring (bicyclic) bond motifs is 7. The quantitative estimate of drug-likeness (QED) is 0.346. The van der Waals surface area contributed by atoms with Crippen LogP contribution in [0, 0.1) is 5.41 Å². The van der Waals surface area contributed by atoms with Crippen LogP contribution in [0.25, 0.3) is 22.2 Å². The van der Waals surface area contributed by atoms with Crippen LogP contribution in [-0.4, -0.2) is 93.3 Å². The first-order valence-electron chi connectivity index (χ1n) is 17.5. The smallest absolute Gasteiger partial charge is 0.303 e. The number of nitrogens with zero attached hydrogens (tertiary/aromatic N) is 4. The SMILES string of the molecule is COc1ccc2c(c1)C1CC1(C(=O)N1CCCCC1CN(C)C)Cn1c-2c(C2CCCCC2)c2ccc(C(=O)NS(=O)(=O)N(C)C)cc21. The third-order valence-electron chi connectivity index (χ3n) is 11.4. The second-order valence-corrected chi connectivity index (χ2v) is 16.8. The van der Waals surface area contributed by atoms with Gasteiger partial charge in [-0.15, -0.1) is 0 Å². The van der Waals surface area contributed by atoms with E-state index in [0.717, 1.165) is 89.4 Å². The number of piperidine rings is 1. The number of rotatable bonds is 8. The number of carbonyl (C=O) groups excluding carboxylic acids is 2. The van der Waals surface area contributed by atoms with Crippen LogP contribution >= 0.6 is 0 Å². The highest BCUT2D eigenvalue weighted by atomic mass is 32.2. The summed E-state index contributed by atoms with van der Waals surface area (Å²) in [5, 5.41) is 1.08. The van der Waals surface area contributed by atoms with Gasteiger partial charge in [0.15, 0.2) is 0 Å². The van der Waals surface area contributed by atoms with Gasteiger partial charge in [-0.25, -0.2) is 4.72 Å². The number of carbonyl (C=O) groups is 2. The molecule has 48 heavy (non-hydrogen) atoms. The number of likely N-dealkylation sites (tertiary alicyclic amines) is 1. The minimum atomic E-state index is -3.97. The maximum absolute atomic E-state index is 15.0. The van der Waals surface area contributed by atoms with Gasteiger partial charge in [-0.05, 0) is 100.0 Å². The van der Waals surface area contributed by atoms with Crippen molar-refractivity contribution in [2.24, 2.45) is 5.41 Å². The van der Waals surface area contributed by atoms with E-state index < -0.39 is 21.5 Å². The average molecular weight is 676 g/mol. The van der Waals surface area contributed by atoms with Gasteiger partial charge in [-0.2, -0.15) is 12.7 Å². The van der Waals surface area contributed by atoms with E-state index in [1.165, 1.54) is 38.9 Å². The summed E-state index contributed by atoms with van der Waals surface area (Å²) in [5.41, 5.74) is 5.26. The van der Waals surface area contributed by atoms with Crippen LogP contribution in [0.4, 0.5) is 0 Å². The van der Waals surface area contributed by atoms with Gasteiger partial charge in [0.25, 0.3) is 5.91 Å². The first-order chi connectivity index (χ1) is 22.9. The van der Waals surface area contributed by atoms with Crippen LogP contribution in [0.15, 0.2) is 36.4 Å². The Morgan fingerprint density at radius 3 is 2.44 bits per heavy atom. The predicted molar refractivity (Wildman–Crippen MR) is 188 cm³/mol. The molecule has 258 valence electrons. The summed E-state index contributed by atoms with van der Waals surface area (Å²) < 4.78 is 36.5. The Morgan fingerprint density at radius 2 is 1.73 bits per heavy atom. The number of methoxy groups -OCH3 is 1. The summed E-state index contributed by atoms with van der Waals surface area (Å²) in [6, 6.07) is 12.1. The minimum Gasteiger partial charge on any atom is -0.497 e. The molecule has 3 aromatic rings. The molecule has 11 heteroatoms. The molecule has 0 spiro atoms. The second kappa shape index (κ2) is 12.5. The highest BCUT2D eigenvalue weighted by molar-refractivity contribution is 7.87. The van der Waals surface area contributed by atoms with Crippen LogP contribution in [0.5, 0.6) is 5.75 Å². The second-order valence-electron chi connectivity index (χ2n) is 14.9. The lowest BCUT2D eigenvalue weighted by molar-refractivity contribution is -0.142. The van der Waals surface area contributed by atoms with Crippen LogP contribution in [-0.2, 0) is 21.5 Å². The fraction of sp³-hybridized carbons (Fsp3) is 0.568. The molecule has 2 aliphatic heterocycles. The van der Waals surface area contributed by atoms with Crippen molar-refractivity contribution >= 4 is 32.9 Å². The van der Waals surface area contributed by atoms with Gasteiger partial charge >= 0.3 is 10.2 Å². The fourth-order valence-corrected chi connectivity index (χ4v) is 9.39. The van der Waals surface area contributed by atoms with Crippen LogP contribution in [0.1, 0.15) is 91.1 Å². The van der Waals surface area contributed by atoms with Crippen molar-refractivity contribution in [1.82, 2.24) is 23.4 Å². The highest BCUT2D eigenvalue weighted by Gasteiger charge is 2.64. The number of aromatic nitrogens is 1. The van der Waals surface area contributed by atoms with Crippen LogP contribution < -0.4 is 9.46 Å². The van der Waals surface area contributed by atoms with Crippen molar-refractivity contribution in [1.29, 1.82) is 0 Å². The zero-order chi connectivity index (χ0) is 34.0. The molecule has 2 aliphatic carbocycles. The molecule has 4 aliphatic rings. The first kappa shape index (κ1) is 33.1. The summed E-state index contributed by atoms with van der Waals surface area (Å²) in [4.78, 5) is 32.8. The largest absolute Gasteiger partial charge is 0.497 e. The lowest BCUT2D eigenvalue weighted by Crippen LogP contribution is -2.51. The number of likely N-dealkylation sites (N-methyl/N-ethyl adjacent to an activating group) is 1. The molecule has 3 fully saturated rings. The number of hydrogen-bond donors (Lipinski definition) is 1. The van der Waals surface area contributed by atoms with E-state index in [-0.39, 0.29) is 23.4 Å². The number of benzene rings is 2. The Morgan fingerprint density at radius 1 is 0.979 bits per heavy atom. The maximum Gasteiger partial charge on any atom is 0.303 e. The Labute approximate surface area is 284 Å². The molecule has 1 N–H and O–H groups in total. The van der Waals surface area contributed by atoms with E-state index in [1.807, 2.05) is 18.2 Å². The van der Waals surface area contributed by atoms with E-state index in [4.69, 9.17) is 4.74 Å². The monoisotopic (exact) mass is 675 g/mol. The third kappa shape index (κ3) is 5.61. The van der Waals surface area contributed by atoms with Gasteiger partial charge in [-0.3, -0.25) is 9.59 Å². The molecule has 3 atom stereocenters. The van der Waals surface area contributed by atoms with Crippen molar-refractivity contribution in [2.45, 2.75) is 82.2 Å². The number of ether oxygens (including phenoxy) is 1. The Bertz CT molecular complexity index is 1860. The van der Waals surface area contributed by atoms with E-state index in [2.05, 4.69) is 45.3 Å². The van der Waals surface area contributed by atoms with E-state index in [1.54, 1.807) is 13.2 Å². The molecule has 2 saturated carbocycles. The molecule has 2 amide bonds. The lowest BCUT2D eigenvalue weighted by Gasteiger charge is -2.39. The van der Waals surface area contributed by atoms with Crippen molar-refractivity contribution in [2.75, 3.05) is 48.4 Å². The molecule has 3 unspecified atom stereocenters. The normalized spacial score (nSPS) is 24.2. The van der Waals surface area contributed by atoms with Gasteiger partial charge in [0.2, 0.25) is 5.91 Å². The molecular formula is C37H49N5O5S. The van der Waals surface area contributed by atoms with E-state index >= 15 is 4.79 Å².